The Balaban J connectivity index is 1.47. The van der Waals surface area contributed by atoms with E-state index < -0.39 is 10.8 Å². The number of aryl methyl sites for hydroxylation is 1. The lowest BCUT2D eigenvalue weighted by atomic mass is 9.80. The highest BCUT2D eigenvalue weighted by Gasteiger charge is 2.28. The van der Waals surface area contributed by atoms with Crippen LogP contribution in [0.3, 0.4) is 0 Å². The Kier molecular flexibility index (Phi) is 7.09. The average Bonchev–Trinajstić information content (AvgIpc) is 2.82. The first-order valence-corrected chi connectivity index (χ1v) is 11.9. The molecular formula is C25H32N6O3. The Morgan fingerprint density at radius 3 is 2.53 bits per heavy atom. The van der Waals surface area contributed by atoms with E-state index in [0.717, 1.165) is 56.5 Å². The molecule has 1 aromatic carbocycles. The van der Waals surface area contributed by atoms with Crippen LogP contribution < -0.4 is 16.0 Å². The molecule has 0 bridgehead atoms. The van der Waals surface area contributed by atoms with Crippen molar-refractivity contribution in [3.05, 3.63) is 56.8 Å². The number of aromatic nitrogens is 2. The van der Waals surface area contributed by atoms with Crippen LogP contribution >= 0.6 is 0 Å². The van der Waals surface area contributed by atoms with Crippen LogP contribution in [0, 0.1) is 16.0 Å². The van der Waals surface area contributed by atoms with Gasteiger partial charge >= 0.3 is 0 Å². The molecule has 1 aromatic heterocycles. The number of nitro groups is 1. The van der Waals surface area contributed by atoms with Crippen molar-refractivity contribution in [3.63, 3.8) is 0 Å². The summed E-state index contributed by atoms with van der Waals surface area (Å²) in [5.41, 5.74) is 8.92. The second kappa shape index (κ2) is 10.2. The highest BCUT2D eigenvalue weighted by molar-refractivity contribution is 5.97. The molecule has 1 amide bonds. The number of anilines is 2. The highest BCUT2D eigenvalue weighted by atomic mass is 16.6. The van der Waals surface area contributed by atoms with E-state index in [1.807, 2.05) is 14.1 Å². The van der Waals surface area contributed by atoms with Crippen LogP contribution in [0.4, 0.5) is 17.5 Å². The number of hydrogen-bond acceptors (Lipinski definition) is 7. The Morgan fingerprint density at radius 1 is 1.15 bits per heavy atom. The molecule has 0 saturated heterocycles. The van der Waals surface area contributed by atoms with Crippen molar-refractivity contribution in [3.8, 4) is 0 Å². The van der Waals surface area contributed by atoms with E-state index in [0.29, 0.717) is 17.1 Å². The van der Waals surface area contributed by atoms with Crippen LogP contribution in [0.5, 0.6) is 0 Å². The summed E-state index contributed by atoms with van der Waals surface area (Å²) in [4.78, 5) is 34.8. The fraction of sp³-hybridized carbons (Fsp3) is 0.480. The number of nitrogens with one attached hydrogen (secondary N) is 1. The lowest BCUT2D eigenvalue weighted by molar-refractivity contribution is -0.385. The summed E-state index contributed by atoms with van der Waals surface area (Å²) in [6, 6.07) is 6.61. The largest absolute Gasteiger partial charge is 0.366 e. The molecule has 0 unspecified atom stereocenters. The van der Waals surface area contributed by atoms with Gasteiger partial charge in [-0.2, -0.15) is 4.98 Å². The third kappa shape index (κ3) is 5.18. The maximum Gasteiger partial charge on any atom is 0.276 e. The van der Waals surface area contributed by atoms with Crippen molar-refractivity contribution in [2.75, 3.05) is 24.3 Å². The number of nitrogens with zero attached hydrogens (tertiary/aromatic N) is 4. The van der Waals surface area contributed by atoms with E-state index in [2.05, 4.69) is 10.2 Å². The topological polar surface area (TPSA) is 127 Å². The number of nitro benzene ring substituents is 1. The third-order valence-corrected chi connectivity index (χ3v) is 6.81. The maximum atomic E-state index is 12.2. The number of hydrogen-bond donors (Lipinski definition) is 2. The van der Waals surface area contributed by atoms with Gasteiger partial charge in [0, 0.05) is 37.3 Å². The zero-order chi connectivity index (χ0) is 24.2. The first-order valence-electron chi connectivity index (χ1n) is 11.9. The van der Waals surface area contributed by atoms with Gasteiger partial charge in [0.05, 0.1) is 16.2 Å². The summed E-state index contributed by atoms with van der Waals surface area (Å²) in [5.74, 6) is 1.10. The van der Waals surface area contributed by atoms with Gasteiger partial charge in [-0.25, -0.2) is 4.98 Å². The summed E-state index contributed by atoms with van der Waals surface area (Å²) in [5, 5.41) is 14.9. The summed E-state index contributed by atoms with van der Waals surface area (Å²) in [7, 11) is 4.03. The predicted molar refractivity (Wildman–Crippen MR) is 133 cm³/mol. The number of primary amides is 1. The van der Waals surface area contributed by atoms with Crippen molar-refractivity contribution in [2.45, 2.75) is 57.4 Å². The molecule has 1 saturated carbocycles. The van der Waals surface area contributed by atoms with Crippen molar-refractivity contribution < 1.29 is 9.72 Å². The maximum absolute atomic E-state index is 12.2. The Bertz CT molecular complexity index is 1110. The molecule has 2 aliphatic rings. The Morgan fingerprint density at radius 2 is 1.85 bits per heavy atom. The number of amides is 1. The van der Waals surface area contributed by atoms with Crippen molar-refractivity contribution in [2.24, 2.45) is 11.7 Å². The zero-order valence-electron chi connectivity index (χ0n) is 19.8. The first-order chi connectivity index (χ1) is 16.3. The van der Waals surface area contributed by atoms with E-state index >= 15 is 0 Å². The van der Waals surface area contributed by atoms with Gasteiger partial charge in [0.25, 0.3) is 5.69 Å². The number of rotatable bonds is 7. The quantitative estimate of drug-likeness (QED) is 0.362. The monoisotopic (exact) mass is 464 g/mol. The summed E-state index contributed by atoms with van der Waals surface area (Å²) < 4.78 is 0. The Hall–Kier alpha value is -3.49. The minimum absolute atomic E-state index is 0.0298. The normalized spacial score (nSPS) is 20.4. The molecule has 0 aliphatic heterocycles. The van der Waals surface area contributed by atoms with E-state index in [9.17, 15) is 14.9 Å². The minimum Gasteiger partial charge on any atom is -0.366 e. The van der Waals surface area contributed by atoms with Gasteiger partial charge in [0.2, 0.25) is 11.9 Å². The molecule has 9 nitrogen and oxygen atoms in total. The minimum atomic E-state index is -0.525. The van der Waals surface area contributed by atoms with Crippen LogP contribution in [0.2, 0.25) is 0 Å². The Labute approximate surface area is 199 Å². The van der Waals surface area contributed by atoms with Gasteiger partial charge in [0.15, 0.2) is 0 Å². The van der Waals surface area contributed by atoms with Crippen molar-refractivity contribution in [1.29, 1.82) is 0 Å². The molecule has 2 aromatic rings. The second-order valence-corrected chi connectivity index (χ2v) is 9.37. The number of para-hydroxylation sites is 1. The smallest absolute Gasteiger partial charge is 0.276 e. The molecule has 1 heterocycles. The molecule has 0 spiro atoms. The fourth-order valence-electron chi connectivity index (χ4n) is 5.07. The second-order valence-electron chi connectivity index (χ2n) is 9.37. The standard InChI is InChI=1S/C25H32N6O3/c1-30(2)24-19-8-4-5-9-21(19)28-25(29-24)27-18-13-11-16(12-14-18)20(23(26)32)15-17-7-3-6-10-22(17)31(33)34/h3,6-7,10,15-16,18H,4-5,8-9,11-14H2,1-2H3,(H2,26,32)(H,27,28,29)/b20-15-/t16-,18+. The molecule has 1 fully saturated rings. The molecule has 0 radical (unpaired) electrons. The van der Waals surface area contributed by atoms with Gasteiger partial charge < -0.3 is 16.0 Å². The number of carbonyl (C=O) groups excluding carboxylic acids is 1. The lowest BCUT2D eigenvalue weighted by Crippen LogP contribution is -2.31. The average molecular weight is 465 g/mol. The number of fused-ring (bicyclic) bond motifs is 1. The molecule has 34 heavy (non-hydrogen) atoms. The van der Waals surface area contributed by atoms with E-state index in [4.69, 9.17) is 15.7 Å². The summed E-state index contributed by atoms with van der Waals surface area (Å²) in [6.07, 6.45) is 9.13. The van der Waals surface area contributed by atoms with Crippen LogP contribution in [0.1, 0.15) is 55.3 Å². The van der Waals surface area contributed by atoms with E-state index in [1.54, 1.807) is 24.3 Å². The molecule has 4 rings (SSSR count). The van der Waals surface area contributed by atoms with Gasteiger partial charge in [-0.15, -0.1) is 0 Å². The van der Waals surface area contributed by atoms with E-state index in [-0.39, 0.29) is 17.6 Å². The number of carbonyl (C=O) groups is 1. The van der Waals surface area contributed by atoms with Gasteiger partial charge in [-0.05, 0) is 69.4 Å². The first kappa shape index (κ1) is 23.7. The lowest BCUT2D eigenvalue weighted by Gasteiger charge is -2.30. The third-order valence-electron chi connectivity index (χ3n) is 6.81. The summed E-state index contributed by atoms with van der Waals surface area (Å²) in [6.45, 7) is 0. The van der Waals surface area contributed by atoms with Crippen molar-refractivity contribution >= 4 is 29.4 Å². The van der Waals surface area contributed by atoms with Crippen LogP contribution in [0.25, 0.3) is 6.08 Å². The molecule has 2 aliphatic carbocycles. The van der Waals surface area contributed by atoms with E-state index in [1.165, 1.54) is 18.1 Å². The van der Waals surface area contributed by atoms with Gasteiger partial charge in [-0.1, -0.05) is 12.1 Å². The van der Waals surface area contributed by atoms with Crippen molar-refractivity contribution in [1.82, 2.24) is 9.97 Å². The van der Waals surface area contributed by atoms with Gasteiger partial charge in [0.1, 0.15) is 5.82 Å². The highest BCUT2D eigenvalue weighted by Crippen LogP contribution is 2.34. The predicted octanol–water partition coefficient (Wildman–Crippen LogP) is 3.87. The SMILES string of the molecule is CN(C)c1nc(N[C@H]2CC[C@@H](/C(=C/c3ccccc3[N+](=O)[O-])C(N)=O)CC2)nc2c1CCCC2. The summed E-state index contributed by atoms with van der Waals surface area (Å²) >= 11 is 0. The van der Waals surface area contributed by atoms with Crippen LogP contribution in [0.15, 0.2) is 29.8 Å². The molecule has 3 N–H and O–H groups in total. The van der Waals surface area contributed by atoms with Crippen LogP contribution in [-0.4, -0.2) is 40.9 Å². The molecule has 180 valence electrons. The number of benzene rings is 1. The zero-order valence-corrected chi connectivity index (χ0v) is 19.8. The molecular weight excluding hydrogens is 432 g/mol. The fourth-order valence-corrected chi connectivity index (χ4v) is 5.07. The van der Waals surface area contributed by atoms with Crippen LogP contribution in [-0.2, 0) is 17.6 Å². The van der Waals surface area contributed by atoms with Gasteiger partial charge in [-0.3, -0.25) is 14.9 Å². The number of nitrogens with two attached hydrogens (primary N) is 1. The molecule has 0 atom stereocenters. The molecule has 9 heteroatoms.